The van der Waals surface area contributed by atoms with Gasteiger partial charge in [0, 0.05) is 6.04 Å². The lowest BCUT2D eigenvalue weighted by atomic mass is 9.90. The normalized spacial score (nSPS) is 13.1. The molecule has 0 saturated carbocycles. The Bertz CT molecular complexity index is 517. The molecule has 19 heavy (non-hydrogen) atoms. The fourth-order valence-electron chi connectivity index (χ4n) is 2.68. The van der Waals surface area contributed by atoms with Gasteiger partial charge < -0.3 is 0 Å². The molecular weight excluding hydrogens is 232 g/mol. The molecule has 0 fully saturated rings. The first-order chi connectivity index (χ1) is 9.28. The van der Waals surface area contributed by atoms with E-state index in [1.807, 2.05) is 0 Å². The summed E-state index contributed by atoms with van der Waals surface area (Å²) in [5.74, 6) is 6.49. The van der Waals surface area contributed by atoms with E-state index in [1.165, 1.54) is 29.2 Å². The Labute approximate surface area is 116 Å². The van der Waals surface area contributed by atoms with Gasteiger partial charge in [-0.25, -0.2) is 0 Å². The third-order valence-corrected chi connectivity index (χ3v) is 4.10. The predicted molar refractivity (Wildman–Crippen MR) is 82.7 cm³/mol. The van der Waals surface area contributed by atoms with Crippen LogP contribution in [0.15, 0.2) is 42.5 Å². The molecule has 3 N–H and O–H groups in total. The number of hydrogen-bond acceptors (Lipinski definition) is 2. The molecule has 1 unspecified atom stereocenters. The zero-order chi connectivity index (χ0) is 13.7. The lowest BCUT2D eigenvalue weighted by Crippen LogP contribution is -2.29. The van der Waals surface area contributed by atoms with Crippen molar-refractivity contribution in [1.82, 2.24) is 5.43 Å². The maximum Gasteiger partial charge on any atom is 0.0462 e. The Morgan fingerprint density at radius 1 is 1.00 bits per heavy atom. The number of benzene rings is 2. The topological polar surface area (TPSA) is 38.0 Å². The molecule has 0 aliphatic carbocycles. The number of hydrazine groups is 1. The Kier molecular flexibility index (Phi) is 4.94. The summed E-state index contributed by atoms with van der Waals surface area (Å²) in [7, 11) is 0. The average Bonchev–Trinajstić information content (AvgIpc) is 2.48. The molecule has 0 aromatic heterocycles. The molecule has 2 nitrogen and oxygen atoms in total. The van der Waals surface area contributed by atoms with Crippen molar-refractivity contribution in [3.05, 3.63) is 48.0 Å². The monoisotopic (exact) mass is 256 g/mol. The number of nitrogens with one attached hydrogen (secondary N) is 1. The van der Waals surface area contributed by atoms with Crippen LogP contribution in [-0.4, -0.2) is 0 Å². The highest BCUT2D eigenvalue weighted by Crippen LogP contribution is 2.27. The summed E-state index contributed by atoms with van der Waals surface area (Å²) < 4.78 is 0. The summed E-state index contributed by atoms with van der Waals surface area (Å²) >= 11 is 0. The van der Waals surface area contributed by atoms with Crippen LogP contribution in [0.3, 0.4) is 0 Å². The Hall–Kier alpha value is -1.38. The van der Waals surface area contributed by atoms with E-state index in [4.69, 9.17) is 5.84 Å². The molecular formula is C17H24N2. The van der Waals surface area contributed by atoms with Gasteiger partial charge in [0.1, 0.15) is 0 Å². The molecule has 0 saturated heterocycles. The van der Waals surface area contributed by atoms with Crippen LogP contribution in [0.2, 0.25) is 0 Å². The molecule has 2 aromatic carbocycles. The van der Waals surface area contributed by atoms with Gasteiger partial charge in [-0.15, -0.1) is 0 Å². The van der Waals surface area contributed by atoms with Gasteiger partial charge >= 0.3 is 0 Å². The first-order valence-electron chi connectivity index (χ1n) is 7.23. The zero-order valence-corrected chi connectivity index (χ0v) is 11.9. The van der Waals surface area contributed by atoms with Crippen molar-refractivity contribution in [2.45, 2.75) is 39.2 Å². The minimum Gasteiger partial charge on any atom is -0.271 e. The lowest BCUT2D eigenvalue weighted by Gasteiger charge is -2.22. The summed E-state index contributed by atoms with van der Waals surface area (Å²) in [5.41, 5.74) is 4.27. The fourth-order valence-corrected chi connectivity index (χ4v) is 2.68. The number of fused-ring (bicyclic) bond motifs is 1. The molecule has 2 rings (SSSR count). The third kappa shape index (κ3) is 3.34. The Balaban J connectivity index is 2.24. The van der Waals surface area contributed by atoms with Crippen molar-refractivity contribution in [2.75, 3.05) is 0 Å². The first kappa shape index (κ1) is 14.0. The first-order valence-corrected chi connectivity index (χ1v) is 7.23. The molecule has 0 aliphatic rings. The largest absolute Gasteiger partial charge is 0.271 e. The molecule has 0 spiro atoms. The van der Waals surface area contributed by atoms with Crippen molar-refractivity contribution in [3.63, 3.8) is 0 Å². The van der Waals surface area contributed by atoms with Gasteiger partial charge in [0.15, 0.2) is 0 Å². The molecule has 0 amide bonds. The van der Waals surface area contributed by atoms with Crippen molar-refractivity contribution in [3.8, 4) is 0 Å². The van der Waals surface area contributed by atoms with Crippen molar-refractivity contribution < 1.29 is 0 Å². The maximum atomic E-state index is 5.76. The third-order valence-electron chi connectivity index (χ3n) is 4.10. The summed E-state index contributed by atoms with van der Waals surface area (Å²) in [6.07, 6.45) is 3.52. The molecule has 0 bridgehead atoms. The minimum absolute atomic E-state index is 0.245. The second-order valence-corrected chi connectivity index (χ2v) is 5.24. The SMILES string of the molecule is CCC(CC)CC(NN)c1ccc2ccccc2c1. The van der Waals surface area contributed by atoms with Gasteiger partial charge in [-0.1, -0.05) is 63.1 Å². The van der Waals surface area contributed by atoms with Gasteiger partial charge in [0.25, 0.3) is 0 Å². The van der Waals surface area contributed by atoms with Gasteiger partial charge in [-0.05, 0) is 34.7 Å². The van der Waals surface area contributed by atoms with Gasteiger partial charge in [-0.3, -0.25) is 11.3 Å². The zero-order valence-electron chi connectivity index (χ0n) is 11.9. The molecule has 1 atom stereocenters. The van der Waals surface area contributed by atoms with Crippen LogP contribution in [-0.2, 0) is 0 Å². The number of rotatable bonds is 6. The maximum absolute atomic E-state index is 5.76. The van der Waals surface area contributed by atoms with E-state index in [0.29, 0.717) is 0 Å². The van der Waals surface area contributed by atoms with Crippen LogP contribution in [0.25, 0.3) is 10.8 Å². The lowest BCUT2D eigenvalue weighted by molar-refractivity contribution is 0.375. The van der Waals surface area contributed by atoms with Crippen molar-refractivity contribution in [2.24, 2.45) is 11.8 Å². The summed E-state index contributed by atoms with van der Waals surface area (Å²) in [4.78, 5) is 0. The highest BCUT2D eigenvalue weighted by molar-refractivity contribution is 5.83. The molecule has 102 valence electrons. The molecule has 0 aliphatic heterocycles. The number of hydrogen-bond donors (Lipinski definition) is 2. The van der Waals surface area contributed by atoms with E-state index in [9.17, 15) is 0 Å². The Morgan fingerprint density at radius 2 is 1.68 bits per heavy atom. The predicted octanol–water partition coefficient (Wildman–Crippen LogP) is 4.17. The van der Waals surface area contributed by atoms with Gasteiger partial charge in [0.05, 0.1) is 0 Å². The van der Waals surface area contributed by atoms with Crippen LogP contribution in [0.4, 0.5) is 0 Å². The van der Waals surface area contributed by atoms with E-state index in [1.54, 1.807) is 0 Å². The van der Waals surface area contributed by atoms with Crippen LogP contribution in [0.5, 0.6) is 0 Å². The smallest absolute Gasteiger partial charge is 0.0462 e. The van der Waals surface area contributed by atoms with Crippen molar-refractivity contribution in [1.29, 1.82) is 0 Å². The standard InChI is InChI=1S/C17H24N2/c1-3-13(4-2)11-17(19-18)16-10-9-14-7-5-6-8-15(14)12-16/h5-10,12-13,17,19H,3-4,11,18H2,1-2H3. The highest BCUT2D eigenvalue weighted by Gasteiger charge is 2.15. The molecule has 2 aromatic rings. The Morgan fingerprint density at radius 3 is 2.32 bits per heavy atom. The van der Waals surface area contributed by atoms with Crippen LogP contribution >= 0.6 is 0 Å². The summed E-state index contributed by atoms with van der Waals surface area (Å²) in [6.45, 7) is 4.50. The minimum atomic E-state index is 0.245. The van der Waals surface area contributed by atoms with Gasteiger partial charge in [0.2, 0.25) is 0 Å². The van der Waals surface area contributed by atoms with E-state index < -0.39 is 0 Å². The van der Waals surface area contributed by atoms with Crippen LogP contribution in [0, 0.1) is 5.92 Å². The quantitative estimate of drug-likeness (QED) is 0.601. The van der Waals surface area contributed by atoms with E-state index >= 15 is 0 Å². The molecule has 0 radical (unpaired) electrons. The van der Waals surface area contributed by atoms with Crippen LogP contribution < -0.4 is 11.3 Å². The van der Waals surface area contributed by atoms with Crippen molar-refractivity contribution >= 4 is 10.8 Å². The number of nitrogens with two attached hydrogens (primary N) is 1. The van der Waals surface area contributed by atoms with Gasteiger partial charge in [-0.2, -0.15) is 0 Å². The van der Waals surface area contributed by atoms with E-state index in [2.05, 4.69) is 61.7 Å². The highest BCUT2D eigenvalue weighted by atomic mass is 15.2. The summed E-state index contributed by atoms with van der Waals surface area (Å²) in [6, 6.07) is 15.3. The fraction of sp³-hybridized carbons (Fsp3) is 0.412. The second kappa shape index (κ2) is 6.69. The second-order valence-electron chi connectivity index (χ2n) is 5.24. The molecule has 0 heterocycles. The average molecular weight is 256 g/mol. The van der Waals surface area contributed by atoms with E-state index in [-0.39, 0.29) is 6.04 Å². The van der Waals surface area contributed by atoms with Crippen LogP contribution in [0.1, 0.15) is 44.7 Å². The summed E-state index contributed by atoms with van der Waals surface area (Å²) in [5, 5.41) is 2.56. The van der Waals surface area contributed by atoms with E-state index in [0.717, 1.165) is 12.3 Å². The molecule has 2 heteroatoms.